The van der Waals surface area contributed by atoms with Gasteiger partial charge in [-0.1, -0.05) is 17.3 Å². The summed E-state index contributed by atoms with van der Waals surface area (Å²) in [5.41, 5.74) is 5.98. The number of oxime groups is 1. The number of thiazole rings is 1. The molecule has 11 nitrogen and oxygen atoms in total. The summed E-state index contributed by atoms with van der Waals surface area (Å²) in [4.78, 5) is 47.3. The number of aliphatic carboxylic acids is 1. The van der Waals surface area contributed by atoms with Gasteiger partial charge in [0.1, 0.15) is 24.2 Å². The number of rotatable bonds is 7. The molecule has 0 radical (unpaired) electrons. The Balaban J connectivity index is 0.00000306. The molecule has 1 aromatic heterocycles. The standard InChI is InChI=1S/C19H21N5O6S2.Na/c1-29-23-12(11-8-32-19(20)21-11)15(25)22-13-16(26)24-14(18(27)28)9(7-31-17(13)24)4-5-10-3-2-6-30-10;/h4-5,8,10,13,17H,2-3,6-7H2,1H3,(H2,20,21)(H,22,25)(H,27,28);/q;+1/p-1/b5-4-,23-12-;/t10?,13-,17-;/m1./s1. The van der Waals surface area contributed by atoms with E-state index in [2.05, 4.69) is 15.5 Å². The molecule has 3 aliphatic rings. The van der Waals surface area contributed by atoms with Gasteiger partial charge in [0, 0.05) is 17.7 Å². The van der Waals surface area contributed by atoms with E-state index in [9.17, 15) is 19.5 Å². The van der Waals surface area contributed by atoms with Gasteiger partial charge in [-0.05, 0) is 18.4 Å². The minimum atomic E-state index is -1.44. The van der Waals surface area contributed by atoms with Crippen molar-refractivity contribution < 1.29 is 58.6 Å². The number of aromatic nitrogens is 1. The molecule has 1 aromatic rings. The fraction of sp³-hybridized carbons (Fsp3) is 0.421. The molecule has 170 valence electrons. The van der Waals surface area contributed by atoms with Gasteiger partial charge in [0.15, 0.2) is 10.8 Å². The zero-order chi connectivity index (χ0) is 22.8. The van der Waals surface area contributed by atoms with Crippen LogP contribution >= 0.6 is 23.1 Å². The summed E-state index contributed by atoms with van der Waals surface area (Å²) in [6, 6.07) is -0.927. The Morgan fingerprint density at radius 3 is 2.88 bits per heavy atom. The molecule has 1 unspecified atom stereocenters. The molecule has 4 heterocycles. The van der Waals surface area contributed by atoms with Crippen LogP contribution in [0.5, 0.6) is 0 Å². The van der Waals surface area contributed by atoms with Gasteiger partial charge in [-0.3, -0.25) is 14.5 Å². The van der Waals surface area contributed by atoms with E-state index in [1.807, 2.05) is 6.08 Å². The molecule has 2 saturated heterocycles. The number of carboxylic acid groups (broad SMARTS) is 1. The van der Waals surface area contributed by atoms with Crippen molar-refractivity contribution in [3.8, 4) is 0 Å². The number of hydrogen-bond donors (Lipinski definition) is 2. The van der Waals surface area contributed by atoms with Crippen LogP contribution < -0.4 is 45.7 Å². The third-order valence-electron chi connectivity index (χ3n) is 5.12. The van der Waals surface area contributed by atoms with Crippen LogP contribution in [0.25, 0.3) is 0 Å². The number of nitrogen functional groups attached to an aromatic ring is 1. The minimum Gasteiger partial charge on any atom is -0.543 e. The van der Waals surface area contributed by atoms with E-state index in [-0.39, 0.29) is 57.9 Å². The van der Waals surface area contributed by atoms with Crippen molar-refractivity contribution in [1.82, 2.24) is 15.2 Å². The Kier molecular flexibility index (Phi) is 8.59. The van der Waals surface area contributed by atoms with Gasteiger partial charge in [0.05, 0.1) is 17.8 Å². The largest absolute Gasteiger partial charge is 1.00 e. The molecule has 14 heteroatoms. The Bertz CT molecular complexity index is 1040. The van der Waals surface area contributed by atoms with Crippen LogP contribution in [0, 0.1) is 0 Å². The maximum absolute atomic E-state index is 12.8. The number of ether oxygens (including phenoxy) is 1. The molecule has 0 aliphatic carbocycles. The normalized spacial score (nSPS) is 24.9. The summed E-state index contributed by atoms with van der Waals surface area (Å²) in [6.45, 7) is 0.673. The first-order chi connectivity index (χ1) is 15.4. The van der Waals surface area contributed by atoms with Crippen LogP contribution in [-0.4, -0.2) is 70.4 Å². The zero-order valence-electron chi connectivity index (χ0n) is 18.0. The number of allylic oxidation sites excluding steroid dienone is 1. The van der Waals surface area contributed by atoms with Crippen molar-refractivity contribution >= 4 is 51.7 Å². The summed E-state index contributed by atoms with van der Waals surface area (Å²) >= 11 is 2.48. The third-order valence-corrected chi connectivity index (χ3v) is 7.09. The second kappa shape index (κ2) is 11.0. The first-order valence-electron chi connectivity index (χ1n) is 9.73. The van der Waals surface area contributed by atoms with E-state index in [4.69, 9.17) is 15.3 Å². The molecule has 2 fully saturated rings. The smallest absolute Gasteiger partial charge is 0.543 e. The second-order valence-corrected chi connectivity index (χ2v) is 9.12. The summed E-state index contributed by atoms with van der Waals surface area (Å²) in [7, 11) is 1.28. The number of carbonyl (C=O) groups is 3. The Labute approximate surface area is 219 Å². The fourth-order valence-electron chi connectivity index (χ4n) is 3.64. The average molecular weight is 502 g/mol. The van der Waals surface area contributed by atoms with E-state index < -0.39 is 29.2 Å². The Morgan fingerprint density at radius 2 is 2.27 bits per heavy atom. The molecule has 0 saturated carbocycles. The molecule has 0 bridgehead atoms. The molecule has 3 N–H and O–H groups in total. The van der Waals surface area contributed by atoms with Gasteiger partial charge in [-0.25, -0.2) is 4.98 Å². The van der Waals surface area contributed by atoms with Crippen LogP contribution in [0.1, 0.15) is 18.5 Å². The van der Waals surface area contributed by atoms with Gasteiger partial charge in [0.25, 0.3) is 11.8 Å². The number of fused-ring (bicyclic) bond motifs is 1. The Morgan fingerprint density at radius 1 is 1.48 bits per heavy atom. The van der Waals surface area contributed by atoms with Crippen molar-refractivity contribution in [3.05, 3.63) is 34.5 Å². The first kappa shape index (κ1) is 25.7. The number of nitrogens with one attached hydrogen (secondary N) is 1. The predicted molar refractivity (Wildman–Crippen MR) is 115 cm³/mol. The summed E-state index contributed by atoms with van der Waals surface area (Å²) in [5.74, 6) is -2.33. The molecular formula is C19H20N5NaO6S2. The number of nitrogens with zero attached hydrogens (tertiary/aromatic N) is 3. The van der Waals surface area contributed by atoms with E-state index in [0.29, 0.717) is 17.9 Å². The molecule has 0 aromatic carbocycles. The van der Waals surface area contributed by atoms with E-state index in [1.165, 1.54) is 18.9 Å². The van der Waals surface area contributed by atoms with Crippen LogP contribution in [-0.2, 0) is 24.0 Å². The van der Waals surface area contributed by atoms with Crippen LogP contribution in [0.3, 0.4) is 0 Å². The molecule has 4 rings (SSSR count). The third kappa shape index (κ3) is 5.28. The number of nitrogens with two attached hydrogens (primary N) is 1. The zero-order valence-corrected chi connectivity index (χ0v) is 21.6. The Hall–Kier alpha value is -1.90. The number of thioether (sulfide) groups is 1. The van der Waals surface area contributed by atoms with E-state index in [1.54, 1.807) is 11.5 Å². The maximum Gasteiger partial charge on any atom is 1.00 e. The van der Waals surface area contributed by atoms with Gasteiger partial charge in [-0.2, -0.15) is 0 Å². The quantitative estimate of drug-likeness (QED) is 0.165. The predicted octanol–water partition coefficient (Wildman–Crippen LogP) is -3.78. The number of β-lactam (4-membered cyclic amide) rings is 1. The van der Waals surface area contributed by atoms with E-state index in [0.717, 1.165) is 29.1 Å². The number of carbonyl (C=O) groups excluding carboxylic acids is 3. The van der Waals surface area contributed by atoms with Crippen molar-refractivity contribution in [2.24, 2.45) is 5.16 Å². The first-order valence-corrected chi connectivity index (χ1v) is 11.7. The number of anilines is 1. The molecule has 3 aliphatic heterocycles. The van der Waals surface area contributed by atoms with Crippen molar-refractivity contribution in [2.45, 2.75) is 30.4 Å². The van der Waals surface area contributed by atoms with Crippen molar-refractivity contribution in [2.75, 3.05) is 25.2 Å². The summed E-state index contributed by atoms with van der Waals surface area (Å²) in [6.07, 6.45) is 5.24. The number of amides is 2. The monoisotopic (exact) mass is 501 g/mol. The SMILES string of the molecule is CO/N=C(\C(=O)N[C@@H]1C(=O)N2C(C(=O)[O-])=C(/C=C\C3CCCO3)CS[C@H]12)c1csc(N)n1.[Na+]. The maximum atomic E-state index is 12.8. The van der Waals surface area contributed by atoms with Gasteiger partial charge in [-0.15, -0.1) is 23.1 Å². The number of carboxylic acids is 1. The topological polar surface area (TPSA) is 159 Å². The molecule has 33 heavy (non-hydrogen) atoms. The number of hydrogen-bond acceptors (Lipinski definition) is 11. The van der Waals surface area contributed by atoms with E-state index >= 15 is 0 Å². The molecule has 2 amide bonds. The van der Waals surface area contributed by atoms with Crippen LogP contribution in [0.15, 0.2) is 34.0 Å². The molecular weight excluding hydrogens is 481 g/mol. The van der Waals surface area contributed by atoms with Gasteiger partial charge >= 0.3 is 29.6 Å². The fourth-order valence-corrected chi connectivity index (χ4v) is 5.51. The summed E-state index contributed by atoms with van der Waals surface area (Å²) in [5, 5.41) is 19.3. The van der Waals surface area contributed by atoms with Gasteiger partial charge in [0.2, 0.25) is 0 Å². The molecule has 3 atom stereocenters. The second-order valence-electron chi connectivity index (χ2n) is 7.13. The molecule has 0 spiro atoms. The van der Waals surface area contributed by atoms with Crippen LogP contribution in [0.4, 0.5) is 5.13 Å². The summed E-state index contributed by atoms with van der Waals surface area (Å²) < 4.78 is 5.52. The van der Waals surface area contributed by atoms with Gasteiger partial charge < -0.3 is 30.5 Å². The minimum absolute atomic E-state index is 0. The van der Waals surface area contributed by atoms with Crippen molar-refractivity contribution in [3.63, 3.8) is 0 Å². The van der Waals surface area contributed by atoms with Crippen LogP contribution in [0.2, 0.25) is 0 Å². The van der Waals surface area contributed by atoms with Crippen molar-refractivity contribution in [1.29, 1.82) is 0 Å². The average Bonchev–Trinajstić information content (AvgIpc) is 3.45.